The minimum Gasteiger partial charge on any atom is -0.287 e. The monoisotopic (exact) mass is 328 g/mol. The first-order valence-electron chi connectivity index (χ1n) is 4.97. The SMILES string of the molecule is Cc1cnc(C(=O)c2ccc(Br)c(Cl)c2F)cn1. The smallest absolute Gasteiger partial charge is 0.215 e. The van der Waals surface area contributed by atoms with E-state index in [4.69, 9.17) is 11.6 Å². The number of ketones is 1. The molecule has 0 bridgehead atoms. The average molecular weight is 330 g/mol. The van der Waals surface area contributed by atoms with Crippen molar-refractivity contribution in [3.05, 3.63) is 56.8 Å². The molecule has 1 aromatic carbocycles. The maximum atomic E-state index is 13.8. The van der Waals surface area contributed by atoms with Crippen LogP contribution < -0.4 is 0 Å². The van der Waals surface area contributed by atoms with Gasteiger partial charge in [-0.2, -0.15) is 0 Å². The van der Waals surface area contributed by atoms with Gasteiger partial charge in [-0.05, 0) is 35.0 Å². The van der Waals surface area contributed by atoms with Crippen LogP contribution in [-0.2, 0) is 0 Å². The van der Waals surface area contributed by atoms with Gasteiger partial charge in [0, 0.05) is 10.7 Å². The molecule has 1 heterocycles. The number of aryl methyl sites for hydroxylation is 1. The van der Waals surface area contributed by atoms with E-state index in [2.05, 4.69) is 25.9 Å². The standard InChI is InChI=1S/C12H7BrClFN2O/c1-6-4-17-9(5-16-6)12(18)7-2-3-8(13)10(14)11(7)15/h2-5H,1H3. The van der Waals surface area contributed by atoms with Crippen molar-refractivity contribution < 1.29 is 9.18 Å². The van der Waals surface area contributed by atoms with Crippen LogP contribution in [0.1, 0.15) is 21.7 Å². The second kappa shape index (κ2) is 5.12. The predicted octanol–water partition coefficient (Wildman–Crippen LogP) is 3.57. The summed E-state index contributed by atoms with van der Waals surface area (Å²) in [7, 11) is 0. The number of halogens is 3. The van der Waals surface area contributed by atoms with Gasteiger partial charge in [0.05, 0.1) is 22.5 Å². The number of carbonyl (C=O) groups excluding carboxylic acids is 1. The molecule has 0 atom stereocenters. The summed E-state index contributed by atoms with van der Waals surface area (Å²) >= 11 is 8.81. The van der Waals surface area contributed by atoms with Crippen molar-refractivity contribution in [1.82, 2.24) is 9.97 Å². The summed E-state index contributed by atoms with van der Waals surface area (Å²) in [5.74, 6) is -1.31. The van der Waals surface area contributed by atoms with Gasteiger partial charge in [-0.3, -0.25) is 9.78 Å². The highest BCUT2D eigenvalue weighted by molar-refractivity contribution is 9.10. The molecular formula is C12H7BrClFN2O. The fourth-order valence-electron chi connectivity index (χ4n) is 1.35. The molecule has 2 aromatic rings. The Kier molecular flexibility index (Phi) is 3.73. The molecule has 2 rings (SSSR count). The summed E-state index contributed by atoms with van der Waals surface area (Å²) in [4.78, 5) is 19.9. The van der Waals surface area contributed by atoms with E-state index in [1.54, 1.807) is 6.92 Å². The van der Waals surface area contributed by atoms with Crippen LogP contribution in [0.4, 0.5) is 4.39 Å². The van der Waals surface area contributed by atoms with Crippen LogP contribution in [0.5, 0.6) is 0 Å². The lowest BCUT2D eigenvalue weighted by atomic mass is 10.1. The number of nitrogens with zero attached hydrogens (tertiary/aromatic N) is 2. The van der Waals surface area contributed by atoms with Crippen molar-refractivity contribution in [1.29, 1.82) is 0 Å². The zero-order valence-electron chi connectivity index (χ0n) is 9.25. The van der Waals surface area contributed by atoms with Crippen LogP contribution in [-0.4, -0.2) is 15.8 Å². The Balaban J connectivity index is 2.46. The first-order valence-corrected chi connectivity index (χ1v) is 6.14. The summed E-state index contributed by atoms with van der Waals surface area (Å²) in [6.45, 7) is 1.75. The van der Waals surface area contributed by atoms with Crippen LogP contribution in [0, 0.1) is 12.7 Å². The lowest BCUT2D eigenvalue weighted by molar-refractivity contribution is 0.103. The van der Waals surface area contributed by atoms with Crippen LogP contribution in [0.15, 0.2) is 29.0 Å². The second-order valence-electron chi connectivity index (χ2n) is 3.60. The van der Waals surface area contributed by atoms with E-state index >= 15 is 0 Å². The zero-order valence-corrected chi connectivity index (χ0v) is 11.6. The highest BCUT2D eigenvalue weighted by Gasteiger charge is 2.19. The summed E-state index contributed by atoms with van der Waals surface area (Å²) in [6.07, 6.45) is 2.76. The van der Waals surface area contributed by atoms with E-state index in [9.17, 15) is 9.18 Å². The van der Waals surface area contributed by atoms with Gasteiger partial charge in [0.15, 0.2) is 5.82 Å². The third kappa shape index (κ3) is 2.42. The molecule has 92 valence electrons. The van der Waals surface area contributed by atoms with Crippen molar-refractivity contribution >= 4 is 33.3 Å². The molecule has 0 aliphatic heterocycles. The number of aromatic nitrogens is 2. The zero-order chi connectivity index (χ0) is 13.3. The lowest BCUT2D eigenvalue weighted by Gasteiger charge is -2.05. The van der Waals surface area contributed by atoms with E-state index in [0.29, 0.717) is 10.2 Å². The number of hydrogen-bond acceptors (Lipinski definition) is 3. The van der Waals surface area contributed by atoms with Gasteiger partial charge in [-0.25, -0.2) is 9.37 Å². The fraction of sp³-hybridized carbons (Fsp3) is 0.0833. The van der Waals surface area contributed by atoms with E-state index in [-0.39, 0.29) is 16.3 Å². The van der Waals surface area contributed by atoms with Crippen molar-refractivity contribution in [2.24, 2.45) is 0 Å². The average Bonchev–Trinajstić information content (AvgIpc) is 2.36. The third-order valence-electron chi connectivity index (χ3n) is 2.29. The highest BCUT2D eigenvalue weighted by atomic mass is 79.9. The molecule has 3 nitrogen and oxygen atoms in total. The molecule has 0 saturated heterocycles. The molecule has 0 saturated carbocycles. The van der Waals surface area contributed by atoms with E-state index in [1.807, 2.05) is 0 Å². The van der Waals surface area contributed by atoms with Crippen LogP contribution in [0.3, 0.4) is 0 Å². The quantitative estimate of drug-likeness (QED) is 0.625. The summed E-state index contributed by atoms with van der Waals surface area (Å²) in [6, 6.07) is 2.87. The molecule has 18 heavy (non-hydrogen) atoms. The van der Waals surface area contributed by atoms with Crippen LogP contribution >= 0.6 is 27.5 Å². The van der Waals surface area contributed by atoms with Gasteiger partial charge >= 0.3 is 0 Å². The summed E-state index contributed by atoms with van der Waals surface area (Å²) < 4.78 is 14.2. The third-order valence-corrected chi connectivity index (χ3v) is 3.55. The maximum Gasteiger partial charge on any atom is 0.215 e. The molecule has 0 N–H and O–H groups in total. The summed E-state index contributed by atoms with van der Waals surface area (Å²) in [5.41, 5.74) is 0.639. The predicted molar refractivity (Wildman–Crippen MR) is 69.3 cm³/mol. The molecule has 0 aliphatic carbocycles. The molecule has 0 fully saturated rings. The van der Waals surface area contributed by atoms with E-state index in [0.717, 1.165) is 0 Å². The molecule has 6 heteroatoms. The first kappa shape index (κ1) is 13.1. The number of hydrogen-bond donors (Lipinski definition) is 0. The molecular weight excluding hydrogens is 322 g/mol. The van der Waals surface area contributed by atoms with Gasteiger partial charge in [-0.1, -0.05) is 11.6 Å². The molecule has 0 spiro atoms. The molecule has 0 radical (unpaired) electrons. The highest BCUT2D eigenvalue weighted by Crippen LogP contribution is 2.28. The largest absolute Gasteiger partial charge is 0.287 e. The summed E-state index contributed by atoms with van der Waals surface area (Å²) in [5, 5.41) is -0.124. The minimum absolute atomic E-state index is 0.0814. The van der Waals surface area contributed by atoms with Gasteiger partial charge < -0.3 is 0 Å². The molecule has 1 aromatic heterocycles. The minimum atomic E-state index is -0.765. The number of benzene rings is 1. The van der Waals surface area contributed by atoms with Gasteiger partial charge in [0.2, 0.25) is 5.78 Å². The second-order valence-corrected chi connectivity index (χ2v) is 4.83. The van der Waals surface area contributed by atoms with E-state index < -0.39 is 11.6 Å². The Morgan fingerprint density at radius 1 is 1.33 bits per heavy atom. The normalized spacial score (nSPS) is 10.4. The van der Waals surface area contributed by atoms with Gasteiger partial charge in [0.1, 0.15) is 5.69 Å². The fourth-order valence-corrected chi connectivity index (χ4v) is 1.82. The molecule has 0 aliphatic rings. The van der Waals surface area contributed by atoms with Crippen molar-refractivity contribution in [3.63, 3.8) is 0 Å². The number of rotatable bonds is 2. The lowest BCUT2D eigenvalue weighted by Crippen LogP contribution is -2.08. The van der Waals surface area contributed by atoms with Crippen LogP contribution in [0.25, 0.3) is 0 Å². The Bertz CT molecular complexity index is 616. The molecule has 0 unspecified atom stereocenters. The van der Waals surface area contributed by atoms with Crippen molar-refractivity contribution in [2.75, 3.05) is 0 Å². The van der Waals surface area contributed by atoms with Gasteiger partial charge in [0.25, 0.3) is 0 Å². The van der Waals surface area contributed by atoms with Crippen molar-refractivity contribution in [3.8, 4) is 0 Å². The Labute approximate surface area is 116 Å². The topological polar surface area (TPSA) is 42.9 Å². The van der Waals surface area contributed by atoms with E-state index in [1.165, 1.54) is 24.5 Å². The van der Waals surface area contributed by atoms with Crippen LogP contribution in [0.2, 0.25) is 5.02 Å². The number of carbonyl (C=O) groups is 1. The van der Waals surface area contributed by atoms with Crippen molar-refractivity contribution in [2.45, 2.75) is 6.92 Å². The maximum absolute atomic E-state index is 13.8. The Hall–Kier alpha value is -1.33. The molecule has 0 amide bonds. The Morgan fingerprint density at radius 3 is 2.67 bits per heavy atom. The van der Waals surface area contributed by atoms with Gasteiger partial charge in [-0.15, -0.1) is 0 Å². The Morgan fingerprint density at radius 2 is 2.06 bits per heavy atom. The first-order chi connectivity index (χ1) is 8.50.